The fraction of sp³-hybridized carbons (Fsp3) is 0.417. The van der Waals surface area contributed by atoms with Gasteiger partial charge in [0.25, 0.3) is 0 Å². The second-order valence-electron chi connectivity index (χ2n) is 4.07. The van der Waals surface area contributed by atoms with E-state index in [4.69, 9.17) is 0 Å². The average Bonchev–Trinajstić information content (AvgIpc) is 2.86. The first kappa shape index (κ1) is 12.7. The molecule has 0 bridgehead atoms. The van der Waals surface area contributed by atoms with Crippen molar-refractivity contribution in [2.75, 3.05) is 25.1 Å². The Kier molecular flexibility index (Phi) is 3.45. The first-order valence-corrected chi connectivity index (χ1v) is 5.57. The molecule has 1 aromatic rings. The minimum Gasteiger partial charge on any atom is -0.465 e. The number of benzene rings is 1. The molecule has 18 heavy (non-hydrogen) atoms. The van der Waals surface area contributed by atoms with Crippen molar-refractivity contribution in [2.45, 2.75) is 12.8 Å². The molecule has 0 aliphatic carbocycles. The Labute approximate surface area is 102 Å². The summed E-state index contributed by atoms with van der Waals surface area (Å²) in [5.41, 5.74) is -1.13. The van der Waals surface area contributed by atoms with E-state index in [0.29, 0.717) is 19.2 Å². The lowest BCUT2D eigenvalue weighted by Crippen LogP contribution is -2.22. The molecule has 0 aromatic heterocycles. The van der Waals surface area contributed by atoms with Gasteiger partial charge < -0.3 is 9.64 Å². The van der Waals surface area contributed by atoms with Crippen LogP contribution in [0.4, 0.5) is 18.9 Å². The molecule has 1 heterocycles. The fourth-order valence-corrected chi connectivity index (χ4v) is 2.07. The van der Waals surface area contributed by atoms with Crippen molar-refractivity contribution in [3.05, 3.63) is 29.1 Å². The largest absolute Gasteiger partial charge is 0.465 e. The summed E-state index contributed by atoms with van der Waals surface area (Å²) < 4.78 is 45.5. The summed E-state index contributed by atoms with van der Waals surface area (Å²) in [5.74, 6) is -4.75. The van der Waals surface area contributed by atoms with E-state index in [1.807, 2.05) is 0 Å². The molecule has 0 atom stereocenters. The lowest BCUT2D eigenvalue weighted by molar-refractivity contribution is 0.0593. The first-order valence-electron chi connectivity index (χ1n) is 5.57. The van der Waals surface area contributed by atoms with Crippen molar-refractivity contribution in [1.29, 1.82) is 0 Å². The summed E-state index contributed by atoms with van der Waals surface area (Å²) in [5, 5.41) is 0. The van der Waals surface area contributed by atoms with Gasteiger partial charge in [-0.1, -0.05) is 0 Å². The van der Waals surface area contributed by atoms with Gasteiger partial charge in [-0.25, -0.2) is 18.0 Å². The molecule has 3 nitrogen and oxygen atoms in total. The molecule has 98 valence electrons. The van der Waals surface area contributed by atoms with Crippen LogP contribution >= 0.6 is 0 Å². The molecule has 1 aliphatic heterocycles. The topological polar surface area (TPSA) is 29.5 Å². The van der Waals surface area contributed by atoms with E-state index in [1.54, 1.807) is 0 Å². The maximum Gasteiger partial charge on any atom is 0.341 e. The minimum absolute atomic E-state index is 0.405. The number of anilines is 1. The highest BCUT2D eigenvalue weighted by atomic mass is 19.2. The number of hydrogen-bond acceptors (Lipinski definition) is 3. The van der Waals surface area contributed by atoms with Gasteiger partial charge in [-0.2, -0.15) is 0 Å². The number of carbonyl (C=O) groups is 1. The van der Waals surface area contributed by atoms with E-state index < -0.39 is 34.7 Å². The molecule has 0 unspecified atom stereocenters. The lowest BCUT2D eigenvalue weighted by Gasteiger charge is -2.20. The third kappa shape index (κ3) is 2.02. The molecule has 6 heteroatoms. The van der Waals surface area contributed by atoms with Crippen LogP contribution in [0.2, 0.25) is 0 Å². The fourth-order valence-electron chi connectivity index (χ4n) is 2.07. The van der Waals surface area contributed by atoms with Gasteiger partial charge in [-0.3, -0.25) is 0 Å². The summed E-state index contributed by atoms with van der Waals surface area (Å²) in [4.78, 5) is 12.6. The standard InChI is InChI=1S/C12H12F3NO2/c1-18-12(17)7-6-8(13)11(10(15)9(7)14)16-4-2-3-5-16/h6H,2-5H2,1H3. The van der Waals surface area contributed by atoms with Crippen molar-refractivity contribution in [3.63, 3.8) is 0 Å². The second-order valence-corrected chi connectivity index (χ2v) is 4.07. The van der Waals surface area contributed by atoms with Gasteiger partial charge in [0.05, 0.1) is 7.11 Å². The third-order valence-electron chi connectivity index (χ3n) is 2.96. The predicted molar refractivity (Wildman–Crippen MR) is 59.1 cm³/mol. The Hall–Kier alpha value is -1.72. The number of halogens is 3. The van der Waals surface area contributed by atoms with Gasteiger partial charge in [-0.05, 0) is 18.9 Å². The molecule has 1 fully saturated rings. The van der Waals surface area contributed by atoms with E-state index in [1.165, 1.54) is 4.90 Å². The van der Waals surface area contributed by atoms with Crippen molar-refractivity contribution in [2.24, 2.45) is 0 Å². The number of carbonyl (C=O) groups excluding carboxylic acids is 1. The monoisotopic (exact) mass is 259 g/mol. The van der Waals surface area contributed by atoms with Crippen LogP contribution in [0.5, 0.6) is 0 Å². The van der Waals surface area contributed by atoms with Crippen LogP contribution in [0, 0.1) is 17.5 Å². The van der Waals surface area contributed by atoms with E-state index in [-0.39, 0.29) is 0 Å². The zero-order chi connectivity index (χ0) is 13.3. The number of hydrogen-bond donors (Lipinski definition) is 0. The minimum atomic E-state index is -1.37. The van der Waals surface area contributed by atoms with E-state index in [9.17, 15) is 18.0 Å². The smallest absolute Gasteiger partial charge is 0.341 e. The Morgan fingerprint density at radius 1 is 1.22 bits per heavy atom. The molecule has 0 saturated carbocycles. The molecule has 1 aliphatic rings. The SMILES string of the molecule is COC(=O)c1cc(F)c(N2CCCC2)c(F)c1F. The Balaban J connectivity index is 2.50. The van der Waals surface area contributed by atoms with Crippen molar-refractivity contribution in [3.8, 4) is 0 Å². The maximum absolute atomic E-state index is 13.8. The summed E-state index contributed by atoms with van der Waals surface area (Å²) in [6.45, 7) is 0.954. The number of nitrogens with zero attached hydrogens (tertiary/aromatic N) is 1. The van der Waals surface area contributed by atoms with Gasteiger partial charge in [-0.15, -0.1) is 0 Å². The average molecular weight is 259 g/mol. The van der Waals surface area contributed by atoms with E-state index in [2.05, 4.69) is 4.74 Å². The first-order chi connectivity index (χ1) is 8.56. The zero-order valence-corrected chi connectivity index (χ0v) is 9.80. The second kappa shape index (κ2) is 4.88. The molecule has 2 rings (SSSR count). The van der Waals surface area contributed by atoms with Crippen LogP contribution in [-0.2, 0) is 4.74 Å². The van der Waals surface area contributed by atoms with Crippen LogP contribution < -0.4 is 4.90 Å². The Bertz CT molecular complexity index is 485. The number of rotatable bonds is 2. The summed E-state index contributed by atoms with van der Waals surface area (Å²) in [7, 11) is 1.02. The van der Waals surface area contributed by atoms with Gasteiger partial charge in [0.1, 0.15) is 11.3 Å². The molecule has 0 amide bonds. The van der Waals surface area contributed by atoms with E-state index in [0.717, 1.165) is 20.0 Å². The number of methoxy groups -OCH3 is 1. The molecular weight excluding hydrogens is 247 g/mol. The highest BCUT2D eigenvalue weighted by Crippen LogP contribution is 2.30. The Morgan fingerprint density at radius 3 is 2.39 bits per heavy atom. The lowest BCUT2D eigenvalue weighted by atomic mass is 10.1. The highest BCUT2D eigenvalue weighted by Gasteiger charge is 2.27. The maximum atomic E-state index is 13.8. The van der Waals surface area contributed by atoms with Gasteiger partial charge in [0, 0.05) is 13.1 Å². The number of ether oxygens (including phenoxy) is 1. The van der Waals surface area contributed by atoms with Gasteiger partial charge in [0.2, 0.25) is 0 Å². The van der Waals surface area contributed by atoms with Crippen LogP contribution in [0.25, 0.3) is 0 Å². The predicted octanol–water partition coefficient (Wildman–Crippen LogP) is 2.49. The molecule has 0 radical (unpaired) electrons. The van der Waals surface area contributed by atoms with Crippen molar-refractivity contribution < 1.29 is 22.7 Å². The molecule has 1 aromatic carbocycles. The summed E-state index contributed by atoms with van der Waals surface area (Å²) >= 11 is 0. The van der Waals surface area contributed by atoms with Crippen LogP contribution in [0.3, 0.4) is 0 Å². The highest BCUT2D eigenvalue weighted by molar-refractivity contribution is 5.90. The molecule has 0 N–H and O–H groups in total. The molecular formula is C12H12F3NO2. The third-order valence-corrected chi connectivity index (χ3v) is 2.96. The van der Waals surface area contributed by atoms with Crippen LogP contribution in [-0.4, -0.2) is 26.2 Å². The van der Waals surface area contributed by atoms with Gasteiger partial charge in [0.15, 0.2) is 17.5 Å². The van der Waals surface area contributed by atoms with E-state index >= 15 is 0 Å². The summed E-state index contributed by atoms with van der Waals surface area (Å²) in [6, 6.07) is 0.678. The normalized spacial score (nSPS) is 15.0. The number of esters is 1. The molecule has 1 saturated heterocycles. The van der Waals surface area contributed by atoms with Crippen molar-refractivity contribution >= 4 is 11.7 Å². The van der Waals surface area contributed by atoms with Crippen LogP contribution in [0.1, 0.15) is 23.2 Å². The zero-order valence-electron chi connectivity index (χ0n) is 9.80. The van der Waals surface area contributed by atoms with Crippen molar-refractivity contribution in [1.82, 2.24) is 0 Å². The Morgan fingerprint density at radius 2 is 1.83 bits per heavy atom. The summed E-state index contributed by atoms with van der Waals surface area (Å²) in [6.07, 6.45) is 1.61. The van der Waals surface area contributed by atoms with Crippen LogP contribution in [0.15, 0.2) is 6.07 Å². The van der Waals surface area contributed by atoms with Gasteiger partial charge >= 0.3 is 5.97 Å². The quantitative estimate of drug-likeness (QED) is 0.603. The molecule has 0 spiro atoms.